The van der Waals surface area contributed by atoms with Crippen molar-refractivity contribution in [2.45, 2.75) is 136 Å². The van der Waals surface area contributed by atoms with E-state index in [0.29, 0.717) is 42.8 Å². The Bertz CT molecular complexity index is 1080. The Hall–Kier alpha value is -1.51. The lowest BCUT2D eigenvalue weighted by Gasteiger charge is -2.60. The molecule has 1 aliphatic heterocycles. The van der Waals surface area contributed by atoms with E-state index in [0.717, 1.165) is 32.1 Å². The fraction of sp³-hybridized carbons (Fsp3) is 0.909. The molecule has 0 radical (unpaired) electrons. The highest BCUT2D eigenvalue weighted by Gasteiger charge is 2.88. The summed E-state index contributed by atoms with van der Waals surface area (Å²) >= 11 is 0. The predicted octanol–water partition coefficient (Wildman–Crippen LogP) is 4.61. The molecule has 4 saturated carbocycles. The number of aliphatic hydroxyl groups excluding tert-OH is 1. The Morgan fingerprint density at radius 1 is 1.07 bits per heavy atom. The van der Waals surface area contributed by atoms with Crippen LogP contribution < -0.4 is 0 Å². The van der Waals surface area contributed by atoms with E-state index in [9.17, 15) is 24.6 Å². The number of carbonyl (C=O) groups excluding carboxylic acids is 3. The summed E-state index contributed by atoms with van der Waals surface area (Å²) < 4.78 is 18.6. The number of fused-ring (bicyclic) bond motifs is 6. The zero-order valence-corrected chi connectivity index (χ0v) is 26.3. The number of aliphatic hydroxyl groups is 2. The summed E-state index contributed by atoms with van der Waals surface area (Å²) in [7, 11) is 0. The molecular weight excluding hydrogens is 524 g/mol. The fourth-order valence-electron chi connectivity index (χ4n) is 10.8. The minimum Gasteiger partial charge on any atom is -0.465 e. The van der Waals surface area contributed by atoms with Gasteiger partial charge in [-0.2, -0.15) is 0 Å². The van der Waals surface area contributed by atoms with E-state index < -0.39 is 40.4 Å². The molecular formula is C33H52O8. The van der Waals surface area contributed by atoms with Crippen LogP contribution in [0.15, 0.2) is 0 Å². The molecule has 0 amide bonds. The summed E-state index contributed by atoms with van der Waals surface area (Å²) in [5, 5.41) is 22.9. The second kappa shape index (κ2) is 10.0. The normalized spacial score (nSPS) is 45.6. The van der Waals surface area contributed by atoms with Crippen LogP contribution in [0.25, 0.3) is 0 Å². The average Bonchev–Trinajstić information content (AvgIpc) is 3.45. The molecule has 12 atom stereocenters. The van der Waals surface area contributed by atoms with Gasteiger partial charge in [0.15, 0.2) is 0 Å². The first kappa shape index (κ1) is 30.9. The molecule has 0 unspecified atom stereocenters. The summed E-state index contributed by atoms with van der Waals surface area (Å²) in [5.74, 6) is 0.340. The minimum atomic E-state index is -1.04. The first-order valence-corrected chi connectivity index (χ1v) is 15.9. The van der Waals surface area contributed by atoms with E-state index in [-0.39, 0.29) is 35.7 Å². The van der Waals surface area contributed by atoms with Crippen LogP contribution in [0.4, 0.5) is 0 Å². The topological polar surface area (TPSA) is 123 Å². The molecule has 0 aromatic carbocycles. The predicted molar refractivity (Wildman–Crippen MR) is 151 cm³/mol. The molecule has 5 fully saturated rings. The number of esters is 2. The van der Waals surface area contributed by atoms with Gasteiger partial charge in [-0.25, -0.2) is 0 Å². The molecule has 2 N–H and O–H groups in total. The summed E-state index contributed by atoms with van der Waals surface area (Å²) in [4.78, 5) is 37.0. The maximum Gasteiger partial charge on any atom is 0.303 e. The Labute approximate surface area is 245 Å². The molecule has 0 aromatic rings. The van der Waals surface area contributed by atoms with Gasteiger partial charge in [0.05, 0.1) is 11.7 Å². The van der Waals surface area contributed by atoms with Crippen molar-refractivity contribution in [3.63, 3.8) is 0 Å². The van der Waals surface area contributed by atoms with Crippen molar-refractivity contribution in [3.8, 4) is 0 Å². The van der Waals surface area contributed by atoms with Crippen molar-refractivity contribution in [1.82, 2.24) is 0 Å². The quantitative estimate of drug-likeness (QED) is 0.333. The molecule has 232 valence electrons. The molecule has 1 saturated heterocycles. The molecule has 0 bridgehead atoms. The molecule has 0 aromatic heterocycles. The Morgan fingerprint density at radius 3 is 2.37 bits per heavy atom. The molecule has 1 heterocycles. The largest absolute Gasteiger partial charge is 0.465 e. The van der Waals surface area contributed by atoms with Crippen LogP contribution in [0.5, 0.6) is 0 Å². The summed E-state index contributed by atoms with van der Waals surface area (Å²) in [6.45, 7) is 14.7. The number of Topliss-reactive ketones (excluding diaryl/α,β-unsaturated/α-hetero) is 1. The van der Waals surface area contributed by atoms with E-state index in [1.807, 2.05) is 20.8 Å². The lowest BCUT2D eigenvalue weighted by Crippen LogP contribution is -2.60. The van der Waals surface area contributed by atoms with Crippen LogP contribution in [-0.4, -0.2) is 63.6 Å². The van der Waals surface area contributed by atoms with Gasteiger partial charge >= 0.3 is 11.9 Å². The maximum atomic E-state index is 12.5. The molecule has 41 heavy (non-hydrogen) atoms. The second-order valence-electron chi connectivity index (χ2n) is 15.4. The van der Waals surface area contributed by atoms with Gasteiger partial charge in [0.1, 0.15) is 29.7 Å². The lowest BCUT2D eigenvalue weighted by atomic mass is 9.44. The molecule has 4 aliphatic carbocycles. The number of hydrogen-bond acceptors (Lipinski definition) is 8. The third-order valence-electron chi connectivity index (χ3n) is 13.2. The van der Waals surface area contributed by atoms with Gasteiger partial charge in [0.25, 0.3) is 0 Å². The zero-order valence-electron chi connectivity index (χ0n) is 26.3. The number of rotatable bonds is 7. The summed E-state index contributed by atoms with van der Waals surface area (Å²) in [6, 6.07) is 0. The molecule has 1 spiro atoms. The SMILES string of the molecule is CC(=O)OC[C@]12CC[C@H]3[C@@H](CC[C@H]4CC(=O)CC[C@@]43C)[C@@H]1C[C@H](O)[C@]21O[C@@]1(C)[C@H](OC(C)=O)[C@@H](C)[C@H](C)C(C)(C)O. The number of epoxide rings is 1. The summed E-state index contributed by atoms with van der Waals surface area (Å²) in [6.07, 6.45) is 4.91. The highest BCUT2D eigenvalue weighted by Crippen LogP contribution is 2.77. The van der Waals surface area contributed by atoms with E-state index in [4.69, 9.17) is 14.2 Å². The van der Waals surface area contributed by atoms with Crippen LogP contribution in [0, 0.1) is 46.3 Å². The van der Waals surface area contributed by atoms with Crippen molar-refractivity contribution in [2.24, 2.45) is 46.3 Å². The first-order chi connectivity index (χ1) is 18.9. The van der Waals surface area contributed by atoms with E-state index in [2.05, 4.69) is 6.92 Å². The van der Waals surface area contributed by atoms with Crippen molar-refractivity contribution >= 4 is 17.7 Å². The van der Waals surface area contributed by atoms with Crippen molar-refractivity contribution in [2.75, 3.05) is 6.61 Å². The Balaban J connectivity index is 1.55. The second-order valence-corrected chi connectivity index (χ2v) is 15.4. The first-order valence-electron chi connectivity index (χ1n) is 15.9. The smallest absolute Gasteiger partial charge is 0.303 e. The van der Waals surface area contributed by atoms with Crippen molar-refractivity contribution in [1.29, 1.82) is 0 Å². The van der Waals surface area contributed by atoms with Gasteiger partial charge in [0, 0.05) is 38.0 Å². The molecule has 5 rings (SSSR count). The van der Waals surface area contributed by atoms with Crippen LogP contribution in [-0.2, 0) is 28.6 Å². The van der Waals surface area contributed by atoms with Gasteiger partial charge in [-0.15, -0.1) is 0 Å². The lowest BCUT2D eigenvalue weighted by molar-refractivity contribution is -0.164. The van der Waals surface area contributed by atoms with E-state index in [1.54, 1.807) is 13.8 Å². The minimum absolute atomic E-state index is 0.0767. The highest BCUT2D eigenvalue weighted by molar-refractivity contribution is 5.79. The average molecular weight is 577 g/mol. The monoisotopic (exact) mass is 576 g/mol. The van der Waals surface area contributed by atoms with Crippen molar-refractivity contribution in [3.05, 3.63) is 0 Å². The van der Waals surface area contributed by atoms with Gasteiger partial charge in [0.2, 0.25) is 0 Å². The van der Waals surface area contributed by atoms with Crippen LogP contribution in [0.1, 0.15) is 107 Å². The van der Waals surface area contributed by atoms with Crippen LogP contribution in [0.3, 0.4) is 0 Å². The number of ether oxygens (including phenoxy) is 3. The third-order valence-corrected chi connectivity index (χ3v) is 13.2. The van der Waals surface area contributed by atoms with Gasteiger partial charge in [-0.1, -0.05) is 20.8 Å². The molecule has 8 heteroatoms. The van der Waals surface area contributed by atoms with Gasteiger partial charge in [-0.3, -0.25) is 14.4 Å². The molecule has 8 nitrogen and oxygen atoms in total. The third kappa shape index (κ3) is 4.44. The highest BCUT2D eigenvalue weighted by atomic mass is 16.7. The van der Waals surface area contributed by atoms with Crippen LogP contribution >= 0.6 is 0 Å². The van der Waals surface area contributed by atoms with Gasteiger partial charge in [-0.05, 0) is 94.3 Å². The van der Waals surface area contributed by atoms with Gasteiger partial charge < -0.3 is 24.4 Å². The number of ketones is 1. The number of carbonyl (C=O) groups is 3. The van der Waals surface area contributed by atoms with E-state index >= 15 is 0 Å². The number of hydrogen-bond donors (Lipinski definition) is 2. The summed E-state index contributed by atoms with van der Waals surface area (Å²) in [5.41, 5.74) is -3.61. The Morgan fingerprint density at radius 2 is 1.76 bits per heavy atom. The zero-order chi connectivity index (χ0) is 30.3. The standard InChI is InChI=1S/C33H52O8/c1-18(19(2)29(5,6)38)28(40-21(4)35)31(8)33(41-31)27(37)16-26-24-10-9-22-15-23(36)11-13-30(22,7)25(24)12-14-32(26,33)17-39-20(3)34/h18-19,22,24-28,37-38H,9-17H2,1-8H3/t18-,19-,22-,24+,25-,26-,27-,28+,30-,31-,32+,33+/m0/s1. The fourth-order valence-corrected chi connectivity index (χ4v) is 10.8. The maximum absolute atomic E-state index is 12.5. The Kier molecular flexibility index (Phi) is 7.56. The van der Waals surface area contributed by atoms with E-state index in [1.165, 1.54) is 13.8 Å². The van der Waals surface area contributed by atoms with Crippen LogP contribution in [0.2, 0.25) is 0 Å². The molecule has 5 aliphatic rings. The van der Waals surface area contributed by atoms with Crippen molar-refractivity contribution < 1.29 is 38.8 Å².